The molecule has 1 fully saturated rings. The zero-order valence-electron chi connectivity index (χ0n) is 23.1. The van der Waals surface area contributed by atoms with E-state index >= 15 is 0 Å². The van der Waals surface area contributed by atoms with E-state index in [2.05, 4.69) is 5.32 Å². The lowest BCUT2D eigenvalue weighted by molar-refractivity contribution is -0.141. The lowest BCUT2D eigenvalue weighted by Crippen LogP contribution is -2.53. The number of hydrogen-bond donors (Lipinski definition) is 1. The van der Waals surface area contributed by atoms with Crippen molar-refractivity contribution in [2.24, 2.45) is 0 Å². The first-order valence-corrected chi connectivity index (χ1v) is 15.2. The van der Waals surface area contributed by atoms with Crippen LogP contribution < -0.4 is 5.32 Å². The van der Waals surface area contributed by atoms with Crippen molar-refractivity contribution < 1.29 is 18.0 Å². The molecule has 0 unspecified atom stereocenters. The van der Waals surface area contributed by atoms with E-state index in [1.807, 2.05) is 62.4 Å². The number of aryl methyl sites for hydroxylation is 1. The van der Waals surface area contributed by atoms with Crippen LogP contribution in [-0.2, 0) is 26.2 Å². The van der Waals surface area contributed by atoms with Gasteiger partial charge in [-0.2, -0.15) is 4.31 Å². The van der Waals surface area contributed by atoms with Crippen molar-refractivity contribution in [2.45, 2.75) is 75.9 Å². The zero-order chi connectivity index (χ0) is 28.0. The molecule has 1 atom stereocenters. The largest absolute Gasteiger partial charge is 0.352 e. The number of fused-ring (bicyclic) bond motifs is 1. The van der Waals surface area contributed by atoms with E-state index in [0.29, 0.717) is 6.42 Å². The molecular formula is C31H39N3O4S. The average molecular weight is 550 g/mol. The summed E-state index contributed by atoms with van der Waals surface area (Å²) in [5, 5.41) is 4.92. The monoisotopic (exact) mass is 549 g/mol. The highest BCUT2D eigenvalue weighted by atomic mass is 32.2. The molecule has 208 valence electrons. The summed E-state index contributed by atoms with van der Waals surface area (Å²) in [7, 11) is -2.52. The SMILES string of the molecule is CC[C@H](C(=O)NC1CCCCC1)N(Cc1ccccc1C)C(=O)CN(C)S(=O)(=O)c1ccc2ccccc2c1. The van der Waals surface area contributed by atoms with E-state index in [-0.39, 0.29) is 29.9 Å². The van der Waals surface area contributed by atoms with Gasteiger partial charge in [0.25, 0.3) is 0 Å². The Hall–Kier alpha value is -3.23. The molecule has 0 aromatic heterocycles. The van der Waals surface area contributed by atoms with Gasteiger partial charge in [-0.05, 0) is 60.2 Å². The van der Waals surface area contributed by atoms with E-state index in [4.69, 9.17) is 0 Å². The van der Waals surface area contributed by atoms with Gasteiger partial charge in [-0.3, -0.25) is 9.59 Å². The quantitative estimate of drug-likeness (QED) is 0.385. The number of carbonyl (C=O) groups is 2. The Bertz CT molecular complexity index is 1420. The van der Waals surface area contributed by atoms with Gasteiger partial charge < -0.3 is 10.2 Å². The molecule has 1 aliphatic carbocycles. The molecule has 1 aliphatic rings. The van der Waals surface area contributed by atoms with Crippen molar-refractivity contribution in [2.75, 3.05) is 13.6 Å². The molecule has 0 spiro atoms. The van der Waals surface area contributed by atoms with Crippen LogP contribution in [0.1, 0.15) is 56.6 Å². The van der Waals surface area contributed by atoms with Crippen molar-refractivity contribution in [1.82, 2.24) is 14.5 Å². The second-order valence-electron chi connectivity index (χ2n) is 10.5. The Morgan fingerprint density at radius 3 is 2.31 bits per heavy atom. The van der Waals surface area contributed by atoms with Gasteiger partial charge in [0.15, 0.2) is 0 Å². The maximum Gasteiger partial charge on any atom is 0.243 e. The van der Waals surface area contributed by atoms with Gasteiger partial charge in [0, 0.05) is 19.6 Å². The van der Waals surface area contributed by atoms with Crippen LogP contribution in [-0.4, -0.2) is 55.1 Å². The standard InChI is InChI=1S/C31H39N3O4S/c1-4-29(31(36)32-27-16-6-5-7-17-27)34(21-26-15-9-8-12-23(26)2)30(35)22-33(3)39(37,38)28-19-18-24-13-10-11-14-25(24)20-28/h8-15,18-20,27,29H,4-7,16-17,21-22H2,1-3H3,(H,32,36)/t29-/m1/s1. The normalized spacial score (nSPS) is 15.3. The first-order chi connectivity index (χ1) is 18.7. The number of benzene rings is 3. The van der Waals surface area contributed by atoms with Crippen LogP contribution in [0.4, 0.5) is 0 Å². The molecule has 0 radical (unpaired) electrons. The summed E-state index contributed by atoms with van der Waals surface area (Å²) >= 11 is 0. The van der Waals surface area contributed by atoms with E-state index < -0.39 is 22.0 Å². The van der Waals surface area contributed by atoms with Gasteiger partial charge in [0.2, 0.25) is 21.8 Å². The molecule has 0 aliphatic heterocycles. The average Bonchev–Trinajstić information content (AvgIpc) is 2.94. The summed E-state index contributed by atoms with van der Waals surface area (Å²) in [6, 6.07) is 19.7. The predicted molar refractivity (Wildman–Crippen MR) is 155 cm³/mol. The predicted octanol–water partition coefficient (Wildman–Crippen LogP) is 5.03. The highest BCUT2D eigenvalue weighted by Crippen LogP contribution is 2.23. The Morgan fingerprint density at radius 1 is 0.949 bits per heavy atom. The van der Waals surface area contributed by atoms with Crippen molar-refractivity contribution in [3.8, 4) is 0 Å². The second-order valence-corrected chi connectivity index (χ2v) is 12.5. The summed E-state index contributed by atoms with van der Waals surface area (Å²) < 4.78 is 28.0. The molecule has 3 aromatic rings. The maximum absolute atomic E-state index is 13.8. The van der Waals surface area contributed by atoms with Crippen LogP contribution in [0.25, 0.3) is 10.8 Å². The molecule has 0 saturated heterocycles. The van der Waals surface area contributed by atoms with Crippen LogP contribution in [0, 0.1) is 6.92 Å². The van der Waals surface area contributed by atoms with Crippen LogP contribution in [0.15, 0.2) is 71.6 Å². The van der Waals surface area contributed by atoms with E-state index in [0.717, 1.165) is 51.9 Å². The molecule has 39 heavy (non-hydrogen) atoms. The van der Waals surface area contributed by atoms with Crippen molar-refractivity contribution >= 4 is 32.6 Å². The highest BCUT2D eigenvalue weighted by Gasteiger charge is 2.33. The van der Waals surface area contributed by atoms with Gasteiger partial charge in [-0.1, -0.05) is 80.8 Å². The first-order valence-electron chi connectivity index (χ1n) is 13.8. The van der Waals surface area contributed by atoms with Crippen LogP contribution in [0.5, 0.6) is 0 Å². The fraction of sp³-hybridized carbons (Fsp3) is 0.419. The molecule has 0 heterocycles. The lowest BCUT2D eigenvalue weighted by Gasteiger charge is -2.34. The van der Waals surface area contributed by atoms with Crippen LogP contribution in [0.3, 0.4) is 0 Å². The molecule has 0 bridgehead atoms. The Labute approximate surface area is 232 Å². The van der Waals surface area contributed by atoms with E-state index in [1.165, 1.54) is 13.5 Å². The second kappa shape index (κ2) is 12.7. The minimum atomic E-state index is -3.93. The third-order valence-electron chi connectivity index (χ3n) is 7.73. The Kier molecular flexibility index (Phi) is 9.40. The van der Waals surface area contributed by atoms with Gasteiger partial charge >= 0.3 is 0 Å². The molecule has 8 heteroatoms. The van der Waals surface area contributed by atoms with E-state index in [9.17, 15) is 18.0 Å². The topological polar surface area (TPSA) is 86.8 Å². The number of nitrogens with zero attached hydrogens (tertiary/aromatic N) is 2. The maximum atomic E-state index is 13.8. The molecular weight excluding hydrogens is 510 g/mol. The number of rotatable bonds is 10. The molecule has 3 aromatic carbocycles. The van der Waals surface area contributed by atoms with Gasteiger partial charge in [-0.15, -0.1) is 0 Å². The minimum absolute atomic E-state index is 0.117. The number of sulfonamides is 1. The third kappa shape index (κ3) is 6.86. The Morgan fingerprint density at radius 2 is 1.62 bits per heavy atom. The van der Waals surface area contributed by atoms with Gasteiger partial charge in [-0.25, -0.2) is 8.42 Å². The van der Waals surface area contributed by atoms with E-state index in [1.54, 1.807) is 23.1 Å². The van der Waals surface area contributed by atoms with Crippen molar-refractivity contribution in [3.63, 3.8) is 0 Å². The van der Waals surface area contributed by atoms with Crippen LogP contribution >= 0.6 is 0 Å². The molecule has 1 N–H and O–H groups in total. The van der Waals surface area contributed by atoms with Crippen molar-refractivity contribution in [3.05, 3.63) is 77.9 Å². The number of carbonyl (C=O) groups excluding carboxylic acids is 2. The lowest BCUT2D eigenvalue weighted by atomic mass is 9.95. The Balaban J connectivity index is 1.58. The van der Waals surface area contributed by atoms with Crippen LogP contribution in [0.2, 0.25) is 0 Å². The fourth-order valence-electron chi connectivity index (χ4n) is 5.31. The molecule has 4 rings (SSSR count). The number of nitrogens with one attached hydrogen (secondary N) is 1. The number of hydrogen-bond acceptors (Lipinski definition) is 4. The summed E-state index contributed by atoms with van der Waals surface area (Å²) in [4.78, 5) is 28.9. The minimum Gasteiger partial charge on any atom is -0.352 e. The molecule has 1 saturated carbocycles. The molecule has 7 nitrogen and oxygen atoms in total. The number of amides is 2. The smallest absolute Gasteiger partial charge is 0.243 e. The highest BCUT2D eigenvalue weighted by molar-refractivity contribution is 7.89. The third-order valence-corrected chi connectivity index (χ3v) is 9.53. The first kappa shape index (κ1) is 28.8. The van der Waals surface area contributed by atoms with Crippen molar-refractivity contribution in [1.29, 1.82) is 0 Å². The summed E-state index contributed by atoms with van der Waals surface area (Å²) in [5.41, 5.74) is 1.93. The summed E-state index contributed by atoms with van der Waals surface area (Å²) in [6.45, 7) is 3.72. The molecule has 2 amide bonds. The van der Waals surface area contributed by atoms with Gasteiger partial charge in [0.05, 0.1) is 11.4 Å². The fourth-order valence-corrected chi connectivity index (χ4v) is 6.47. The zero-order valence-corrected chi connectivity index (χ0v) is 23.9. The summed E-state index contributed by atoms with van der Waals surface area (Å²) in [6.07, 6.45) is 5.67. The number of likely N-dealkylation sites (N-methyl/N-ethyl adjacent to an activating group) is 1. The summed E-state index contributed by atoms with van der Waals surface area (Å²) in [5.74, 6) is -0.581. The van der Waals surface area contributed by atoms with Gasteiger partial charge in [0.1, 0.15) is 6.04 Å².